The second kappa shape index (κ2) is 4.98. The average molecular weight is 295 g/mol. The van der Waals surface area contributed by atoms with Gasteiger partial charge in [0, 0.05) is 29.3 Å². The van der Waals surface area contributed by atoms with Crippen molar-refractivity contribution in [3.63, 3.8) is 0 Å². The first-order valence-electron chi connectivity index (χ1n) is 7.38. The number of rotatable bonds is 3. The number of nitrogens with one attached hydrogen (secondary N) is 1. The van der Waals surface area contributed by atoms with Gasteiger partial charge in [-0.25, -0.2) is 4.98 Å². The van der Waals surface area contributed by atoms with Crippen LogP contribution in [0.1, 0.15) is 24.1 Å². The number of anilines is 1. The molecule has 3 heterocycles. The van der Waals surface area contributed by atoms with Gasteiger partial charge >= 0.3 is 0 Å². The first-order chi connectivity index (χ1) is 10.7. The number of aryl methyl sites for hydroxylation is 1. The summed E-state index contributed by atoms with van der Waals surface area (Å²) in [7, 11) is 0. The zero-order valence-electron chi connectivity index (χ0n) is 12.5. The van der Waals surface area contributed by atoms with E-state index in [-0.39, 0.29) is 6.04 Å². The molecule has 1 aliphatic heterocycles. The molecular formula is C16H17N5O. The van der Waals surface area contributed by atoms with E-state index in [9.17, 15) is 0 Å². The molecule has 6 nitrogen and oxygen atoms in total. The average Bonchev–Trinajstić information content (AvgIpc) is 3.12. The Morgan fingerprint density at radius 1 is 1.36 bits per heavy atom. The van der Waals surface area contributed by atoms with Gasteiger partial charge in [0.25, 0.3) is 5.78 Å². The highest BCUT2D eigenvalue weighted by molar-refractivity contribution is 5.47. The van der Waals surface area contributed by atoms with Crippen molar-refractivity contribution in [2.75, 3.05) is 11.9 Å². The van der Waals surface area contributed by atoms with Gasteiger partial charge in [0.1, 0.15) is 17.9 Å². The molecule has 2 aromatic heterocycles. The third-order valence-corrected chi connectivity index (χ3v) is 4.10. The number of benzene rings is 1. The smallest absolute Gasteiger partial charge is 0.254 e. The van der Waals surface area contributed by atoms with Gasteiger partial charge in [-0.3, -0.25) is 0 Å². The molecule has 22 heavy (non-hydrogen) atoms. The van der Waals surface area contributed by atoms with Crippen LogP contribution in [0, 0.1) is 6.92 Å². The van der Waals surface area contributed by atoms with Crippen molar-refractivity contribution in [1.82, 2.24) is 19.6 Å². The first kappa shape index (κ1) is 13.1. The quantitative estimate of drug-likeness (QED) is 0.804. The minimum Gasteiger partial charge on any atom is -0.493 e. The fourth-order valence-corrected chi connectivity index (χ4v) is 2.97. The summed E-state index contributed by atoms with van der Waals surface area (Å²) in [6, 6.07) is 10.4. The Kier molecular flexibility index (Phi) is 2.96. The van der Waals surface area contributed by atoms with Gasteiger partial charge in [0.15, 0.2) is 0 Å². The Morgan fingerprint density at radius 3 is 3.14 bits per heavy atom. The van der Waals surface area contributed by atoms with Gasteiger partial charge in [-0.05, 0) is 19.9 Å². The number of hydrogen-bond acceptors (Lipinski definition) is 5. The summed E-state index contributed by atoms with van der Waals surface area (Å²) in [5, 5.41) is 7.77. The van der Waals surface area contributed by atoms with Gasteiger partial charge in [-0.2, -0.15) is 14.6 Å². The fourth-order valence-electron chi connectivity index (χ4n) is 2.97. The van der Waals surface area contributed by atoms with Crippen molar-refractivity contribution < 1.29 is 4.74 Å². The van der Waals surface area contributed by atoms with Crippen LogP contribution in [-0.2, 0) is 0 Å². The van der Waals surface area contributed by atoms with E-state index in [1.165, 1.54) is 11.9 Å². The van der Waals surface area contributed by atoms with E-state index >= 15 is 0 Å². The van der Waals surface area contributed by atoms with Crippen molar-refractivity contribution >= 4 is 11.6 Å². The summed E-state index contributed by atoms with van der Waals surface area (Å²) < 4.78 is 7.51. The maximum Gasteiger partial charge on any atom is 0.254 e. The highest BCUT2D eigenvalue weighted by Crippen LogP contribution is 2.36. The maximum atomic E-state index is 5.78. The second-order valence-corrected chi connectivity index (χ2v) is 5.64. The molecule has 0 aliphatic carbocycles. The van der Waals surface area contributed by atoms with Gasteiger partial charge < -0.3 is 10.1 Å². The lowest BCUT2D eigenvalue weighted by molar-refractivity contribution is 0.322. The zero-order valence-corrected chi connectivity index (χ0v) is 12.5. The van der Waals surface area contributed by atoms with E-state index in [2.05, 4.69) is 39.4 Å². The van der Waals surface area contributed by atoms with Gasteiger partial charge in [-0.15, -0.1) is 0 Å². The topological polar surface area (TPSA) is 64.3 Å². The Morgan fingerprint density at radius 2 is 2.23 bits per heavy atom. The van der Waals surface area contributed by atoms with E-state index in [4.69, 9.17) is 4.74 Å². The Hall–Kier alpha value is -2.63. The molecule has 112 valence electrons. The molecule has 0 fully saturated rings. The van der Waals surface area contributed by atoms with Crippen LogP contribution in [0.3, 0.4) is 0 Å². The Bertz CT molecular complexity index is 828. The maximum absolute atomic E-state index is 5.78. The molecule has 0 saturated heterocycles. The summed E-state index contributed by atoms with van der Waals surface area (Å²) >= 11 is 0. The van der Waals surface area contributed by atoms with Crippen LogP contribution in [-0.4, -0.2) is 32.2 Å². The third kappa shape index (κ3) is 2.07. The molecule has 0 amide bonds. The highest BCUT2D eigenvalue weighted by atomic mass is 16.5. The molecule has 6 heteroatoms. The van der Waals surface area contributed by atoms with Gasteiger partial charge in [0.05, 0.1) is 6.61 Å². The van der Waals surface area contributed by atoms with Crippen LogP contribution in [0.2, 0.25) is 0 Å². The van der Waals surface area contributed by atoms with Crippen molar-refractivity contribution in [3.05, 3.63) is 47.9 Å². The van der Waals surface area contributed by atoms with Crippen molar-refractivity contribution in [3.8, 4) is 5.75 Å². The van der Waals surface area contributed by atoms with Crippen LogP contribution in [0.4, 0.5) is 5.82 Å². The molecule has 1 aromatic carbocycles. The monoisotopic (exact) mass is 295 g/mol. The summed E-state index contributed by atoms with van der Waals surface area (Å²) in [6.07, 6.45) is 1.52. The summed E-state index contributed by atoms with van der Waals surface area (Å²) in [4.78, 5) is 8.52. The highest BCUT2D eigenvalue weighted by Gasteiger charge is 2.29. The fraction of sp³-hybridized carbons (Fsp3) is 0.312. The molecule has 0 radical (unpaired) electrons. The van der Waals surface area contributed by atoms with Crippen LogP contribution < -0.4 is 10.1 Å². The number of hydrogen-bond donors (Lipinski definition) is 1. The van der Waals surface area contributed by atoms with Crippen molar-refractivity contribution in [2.24, 2.45) is 0 Å². The van der Waals surface area contributed by atoms with E-state index in [1.54, 1.807) is 4.52 Å². The normalized spacial score (nSPS) is 18.0. The van der Waals surface area contributed by atoms with E-state index in [1.807, 2.05) is 25.1 Å². The number of nitrogens with zero attached hydrogens (tertiary/aromatic N) is 4. The number of fused-ring (bicyclic) bond motifs is 2. The minimum atomic E-state index is 0.206. The number of para-hydroxylation sites is 1. The minimum absolute atomic E-state index is 0.206. The largest absolute Gasteiger partial charge is 0.493 e. The van der Waals surface area contributed by atoms with Crippen LogP contribution >= 0.6 is 0 Å². The standard InChI is InChI=1S/C16H17N5O/c1-10-7-15(21-16(19-10)17-9-18-21)20-11(2)13-8-22-14-6-4-3-5-12(13)14/h3-7,9,11,13,20H,8H2,1-2H3/t11-,13-/m0/s1. The van der Waals surface area contributed by atoms with E-state index < -0.39 is 0 Å². The van der Waals surface area contributed by atoms with Crippen molar-refractivity contribution in [1.29, 1.82) is 0 Å². The molecule has 0 bridgehead atoms. The molecule has 0 unspecified atom stereocenters. The molecule has 1 aliphatic rings. The SMILES string of the molecule is Cc1cc(N[C@@H](C)[C@@H]2COc3ccccc32)n2ncnc2n1. The molecule has 4 rings (SSSR count). The second-order valence-electron chi connectivity index (χ2n) is 5.64. The molecule has 3 aromatic rings. The predicted molar refractivity (Wildman–Crippen MR) is 83.3 cm³/mol. The van der Waals surface area contributed by atoms with Gasteiger partial charge in [0.2, 0.25) is 0 Å². The predicted octanol–water partition coefficient (Wildman–Crippen LogP) is 2.41. The van der Waals surface area contributed by atoms with Crippen molar-refractivity contribution in [2.45, 2.75) is 25.8 Å². The Balaban J connectivity index is 1.64. The number of ether oxygens (including phenoxy) is 1. The molecule has 1 N–H and O–H groups in total. The van der Waals surface area contributed by atoms with Gasteiger partial charge in [-0.1, -0.05) is 18.2 Å². The van der Waals surface area contributed by atoms with E-state index in [0.29, 0.717) is 18.3 Å². The van der Waals surface area contributed by atoms with E-state index in [0.717, 1.165) is 17.3 Å². The van der Waals surface area contributed by atoms with Crippen LogP contribution in [0.25, 0.3) is 5.78 Å². The lowest BCUT2D eigenvalue weighted by atomic mass is 9.94. The summed E-state index contributed by atoms with van der Waals surface area (Å²) in [6.45, 7) is 4.81. The summed E-state index contributed by atoms with van der Waals surface area (Å²) in [5.74, 6) is 2.80. The van der Waals surface area contributed by atoms with Crippen LogP contribution in [0.5, 0.6) is 5.75 Å². The zero-order chi connectivity index (χ0) is 15.1. The molecule has 0 spiro atoms. The molecular weight excluding hydrogens is 278 g/mol. The summed E-state index contributed by atoms with van der Waals surface area (Å²) in [5.41, 5.74) is 2.17. The molecule has 2 atom stereocenters. The van der Waals surface area contributed by atoms with Crippen LogP contribution in [0.15, 0.2) is 36.7 Å². The number of aromatic nitrogens is 4. The first-order valence-corrected chi connectivity index (χ1v) is 7.38. The Labute approximate surface area is 128 Å². The lowest BCUT2D eigenvalue weighted by Crippen LogP contribution is -2.26. The molecule has 0 saturated carbocycles. The third-order valence-electron chi connectivity index (χ3n) is 4.10. The lowest BCUT2D eigenvalue weighted by Gasteiger charge is -2.21.